The molecule has 0 unspecified atom stereocenters. The van der Waals surface area contributed by atoms with Gasteiger partial charge < -0.3 is 5.11 Å². The monoisotopic (exact) mass is 340 g/mol. The van der Waals surface area contributed by atoms with Gasteiger partial charge in [0, 0.05) is 5.56 Å². The molecule has 0 aliphatic rings. The standard InChI is InChI=1S/C19H20F4O/c1-10(2)13-6-7-14(17(11(3)4)18(13)24)12-5-8-15(16(20)9-12)19(21,22)23/h5-11,24H,1-4H3. The largest absolute Gasteiger partial charge is 0.507 e. The maximum atomic E-state index is 13.9. The van der Waals surface area contributed by atoms with E-state index in [0.29, 0.717) is 16.7 Å². The molecular formula is C19H20F4O. The van der Waals surface area contributed by atoms with Crippen molar-refractivity contribution >= 4 is 0 Å². The molecule has 1 N–H and O–H groups in total. The normalized spacial score (nSPS) is 12.2. The first-order chi connectivity index (χ1) is 11.0. The highest BCUT2D eigenvalue weighted by molar-refractivity contribution is 5.72. The van der Waals surface area contributed by atoms with Crippen LogP contribution in [0, 0.1) is 5.82 Å². The van der Waals surface area contributed by atoms with Crippen LogP contribution in [0.2, 0.25) is 0 Å². The van der Waals surface area contributed by atoms with Crippen LogP contribution in [-0.4, -0.2) is 5.11 Å². The van der Waals surface area contributed by atoms with Crippen LogP contribution in [0.15, 0.2) is 30.3 Å². The van der Waals surface area contributed by atoms with Crippen molar-refractivity contribution in [3.8, 4) is 16.9 Å². The Morgan fingerprint density at radius 1 is 0.917 bits per heavy atom. The minimum Gasteiger partial charge on any atom is -0.507 e. The van der Waals surface area contributed by atoms with E-state index in [9.17, 15) is 22.7 Å². The van der Waals surface area contributed by atoms with Gasteiger partial charge in [0.25, 0.3) is 0 Å². The number of rotatable bonds is 3. The third kappa shape index (κ3) is 3.40. The number of alkyl halides is 3. The number of hydrogen-bond donors (Lipinski definition) is 1. The average molecular weight is 340 g/mol. The SMILES string of the molecule is CC(C)c1ccc(-c2ccc(C(F)(F)F)c(F)c2)c(C(C)C)c1O. The van der Waals surface area contributed by atoms with Gasteiger partial charge in [-0.05, 0) is 40.7 Å². The Hall–Kier alpha value is -2.04. The van der Waals surface area contributed by atoms with E-state index in [-0.39, 0.29) is 17.6 Å². The van der Waals surface area contributed by atoms with Gasteiger partial charge >= 0.3 is 6.18 Å². The maximum Gasteiger partial charge on any atom is 0.419 e. The van der Waals surface area contributed by atoms with Crippen LogP contribution in [0.4, 0.5) is 17.6 Å². The lowest BCUT2D eigenvalue weighted by Gasteiger charge is -2.20. The molecule has 0 aromatic heterocycles. The lowest BCUT2D eigenvalue weighted by molar-refractivity contribution is -0.139. The summed E-state index contributed by atoms with van der Waals surface area (Å²) in [5.41, 5.74) is 0.935. The summed E-state index contributed by atoms with van der Waals surface area (Å²) in [4.78, 5) is 0. The van der Waals surface area contributed by atoms with E-state index in [1.165, 1.54) is 6.07 Å². The Kier molecular flexibility index (Phi) is 4.92. The van der Waals surface area contributed by atoms with Crippen molar-refractivity contribution < 1.29 is 22.7 Å². The molecule has 0 aliphatic carbocycles. The zero-order chi connectivity index (χ0) is 18.2. The van der Waals surface area contributed by atoms with Gasteiger partial charge in [-0.1, -0.05) is 45.9 Å². The van der Waals surface area contributed by atoms with Gasteiger partial charge in [-0.2, -0.15) is 13.2 Å². The molecule has 0 atom stereocenters. The molecule has 0 heterocycles. The Morgan fingerprint density at radius 3 is 2.00 bits per heavy atom. The number of hydrogen-bond acceptors (Lipinski definition) is 1. The van der Waals surface area contributed by atoms with Gasteiger partial charge in [-0.3, -0.25) is 0 Å². The van der Waals surface area contributed by atoms with E-state index in [4.69, 9.17) is 0 Å². The third-order valence-corrected chi connectivity index (χ3v) is 4.03. The minimum atomic E-state index is -4.73. The predicted molar refractivity (Wildman–Crippen MR) is 86.7 cm³/mol. The summed E-state index contributed by atoms with van der Waals surface area (Å²) >= 11 is 0. The fourth-order valence-electron chi connectivity index (χ4n) is 2.84. The molecule has 0 amide bonds. The zero-order valence-corrected chi connectivity index (χ0v) is 14.0. The van der Waals surface area contributed by atoms with Gasteiger partial charge in [0.15, 0.2) is 0 Å². The second-order valence-corrected chi connectivity index (χ2v) is 6.47. The van der Waals surface area contributed by atoms with Gasteiger partial charge in [0.05, 0.1) is 5.56 Å². The van der Waals surface area contributed by atoms with Gasteiger partial charge in [0.2, 0.25) is 0 Å². The van der Waals surface area contributed by atoms with Crippen molar-refractivity contribution in [2.45, 2.75) is 45.7 Å². The fourth-order valence-corrected chi connectivity index (χ4v) is 2.84. The highest BCUT2D eigenvalue weighted by atomic mass is 19.4. The summed E-state index contributed by atoms with van der Waals surface area (Å²) in [6.45, 7) is 7.64. The molecule has 2 aromatic rings. The van der Waals surface area contributed by atoms with E-state index in [0.717, 1.165) is 17.7 Å². The van der Waals surface area contributed by atoms with Crippen LogP contribution in [-0.2, 0) is 6.18 Å². The smallest absolute Gasteiger partial charge is 0.419 e. The summed E-state index contributed by atoms with van der Waals surface area (Å²) < 4.78 is 52.0. The van der Waals surface area contributed by atoms with E-state index in [2.05, 4.69) is 0 Å². The number of benzene rings is 2. The lowest BCUT2D eigenvalue weighted by Crippen LogP contribution is -2.08. The van der Waals surface area contributed by atoms with Crippen molar-refractivity contribution in [3.63, 3.8) is 0 Å². The van der Waals surface area contributed by atoms with Crippen molar-refractivity contribution in [1.82, 2.24) is 0 Å². The highest BCUT2D eigenvalue weighted by Gasteiger charge is 2.34. The molecule has 0 saturated heterocycles. The molecule has 0 aliphatic heterocycles. The Labute approximate surface area is 138 Å². The molecule has 5 heteroatoms. The Morgan fingerprint density at radius 2 is 1.54 bits per heavy atom. The average Bonchev–Trinajstić information content (AvgIpc) is 2.44. The zero-order valence-electron chi connectivity index (χ0n) is 14.0. The summed E-state index contributed by atoms with van der Waals surface area (Å²) in [5, 5.41) is 10.6. The third-order valence-electron chi connectivity index (χ3n) is 4.03. The van der Waals surface area contributed by atoms with E-state index in [1.807, 2.05) is 27.7 Å². The van der Waals surface area contributed by atoms with Crippen LogP contribution in [0.1, 0.15) is 56.2 Å². The molecule has 24 heavy (non-hydrogen) atoms. The second-order valence-electron chi connectivity index (χ2n) is 6.47. The molecule has 0 radical (unpaired) electrons. The molecule has 0 fully saturated rings. The number of phenols is 1. The number of halogens is 4. The maximum absolute atomic E-state index is 13.9. The number of aromatic hydroxyl groups is 1. The van der Waals surface area contributed by atoms with Gasteiger partial charge in [-0.15, -0.1) is 0 Å². The fraction of sp³-hybridized carbons (Fsp3) is 0.368. The van der Waals surface area contributed by atoms with Crippen LogP contribution < -0.4 is 0 Å². The highest BCUT2D eigenvalue weighted by Crippen LogP contribution is 2.41. The van der Waals surface area contributed by atoms with E-state index in [1.54, 1.807) is 12.1 Å². The summed E-state index contributed by atoms with van der Waals surface area (Å²) in [6.07, 6.45) is -4.73. The summed E-state index contributed by atoms with van der Waals surface area (Å²) in [6, 6.07) is 6.31. The van der Waals surface area contributed by atoms with Crippen molar-refractivity contribution in [2.24, 2.45) is 0 Å². The minimum absolute atomic E-state index is 0.0657. The molecular weight excluding hydrogens is 320 g/mol. The topological polar surface area (TPSA) is 20.2 Å². The van der Waals surface area contributed by atoms with Crippen LogP contribution >= 0.6 is 0 Å². The Bertz CT molecular complexity index is 746. The van der Waals surface area contributed by atoms with Crippen molar-refractivity contribution in [3.05, 3.63) is 52.8 Å². The predicted octanol–water partition coefficient (Wildman–Crippen LogP) is 6.46. The van der Waals surface area contributed by atoms with Crippen LogP contribution in [0.3, 0.4) is 0 Å². The summed E-state index contributed by atoms with van der Waals surface area (Å²) in [5.74, 6) is -1.16. The van der Waals surface area contributed by atoms with Crippen molar-refractivity contribution in [2.75, 3.05) is 0 Å². The summed E-state index contributed by atoms with van der Waals surface area (Å²) in [7, 11) is 0. The first-order valence-electron chi connectivity index (χ1n) is 7.77. The van der Waals surface area contributed by atoms with Crippen LogP contribution in [0.5, 0.6) is 5.75 Å². The molecule has 1 nitrogen and oxygen atoms in total. The quantitative estimate of drug-likeness (QED) is 0.635. The molecule has 0 bridgehead atoms. The molecule has 2 rings (SSSR count). The first-order valence-corrected chi connectivity index (χ1v) is 7.77. The molecule has 0 spiro atoms. The Balaban J connectivity index is 2.65. The second kappa shape index (κ2) is 6.46. The number of phenolic OH excluding ortho intramolecular Hbond substituents is 1. The molecule has 0 saturated carbocycles. The molecule has 2 aromatic carbocycles. The van der Waals surface area contributed by atoms with Crippen molar-refractivity contribution in [1.29, 1.82) is 0 Å². The van der Waals surface area contributed by atoms with Gasteiger partial charge in [-0.25, -0.2) is 4.39 Å². The van der Waals surface area contributed by atoms with Gasteiger partial charge in [0.1, 0.15) is 11.6 Å². The van der Waals surface area contributed by atoms with E-state index >= 15 is 0 Å². The molecule has 130 valence electrons. The first kappa shape index (κ1) is 18.3. The lowest BCUT2D eigenvalue weighted by atomic mass is 9.87. The van der Waals surface area contributed by atoms with E-state index < -0.39 is 17.6 Å². The van der Waals surface area contributed by atoms with Crippen LogP contribution in [0.25, 0.3) is 11.1 Å².